The molecule has 2 unspecified atom stereocenters. The van der Waals surface area contributed by atoms with E-state index in [0.29, 0.717) is 18.1 Å². The summed E-state index contributed by atoms with van der Waals surface area (Å²) in [6.45, 7) is 5.24. The highest BCUT2D eigenvalue weighted by molar-refractivity contribution is 5.97. The van der Waals surface area contributed by atoms with E-state index < -0.39 is 60.4 Å². The number of carboxylic acids is 1. The lowest BCUT2D eigenvalue weighted by molar-refractivity contribution is -0.151. The van der Waals surface area contributed by atoms with Crippen molar-refractivity contribution in [2.45, 2.75) is 64.4 Å². The molecule has 4 N–H and O–H groups in total. The number of aliphatic carboxylic acids is 1. The molecule has 3 rings (SSSR count). The van der Waals surface area contributed by atoms with Gasteiger partial charge in [0.05, 0.1) is 6.04 Å². The number of nitrogens with zero attached hydrogens (tertiary/aromatic N) is 2. The van der Waals surface area contributed by atoms with E-state index in [1.807, 2.05) is 74.5 Å². The summed E-state index contributed by atoms with van der Waals surface area (Å²) in [4.78, 5) is 64.6. The number of carbonyl (C=O) groups excluding carboxylic acids is 4. The van der Waals surface area contributed by atoms with Crippen LogP contribution < -0.4 is 16.1 Å². The van der Waals surface area contributed by atoms with Crippen LogP contribution in [0.2, 0.25) is 0 Å². The number of hydrazine groups is 1. The molecule has 1 saturated heterocycles. The van der Waals surface area contributed by atoms with Crippen molar-refractivity contribution < 1.29 is 33.8 Å². The number of carboxylic acid groups (broad SMARTS) is 1. The van der Waals surface area contributed by atoms with Crippen molar-refractivity contribution in [2.75, 3.05) is 20.1 Å². The number of epoxide rings is 1. The van der Waals surface area contributed by atoms with Crippen molar-refractivity contribution in [1.82, 2.24) is 26.0 Å². The van der Waals surface area contributed by atoms with Crippen molar-refractivity contribution in [1.29, 1.82) is 0 Å². The SMILES string of the molecule is CC(NC(=O)C(NCCCc1ccccc1)C(C)C)C(=O)NN(CC(=O)O)C(=O)[C@H]1O[C@@H]1C(=O)N(C)Cc1ccccc1. The molecule has 0 spiro atoms. The molecule has 2 aromatic carbocycles. The Labute approximate surface area is 251 Å². The number of ether oxygens (including phenoxy) is 1. The van der Waals surface area contributed by atoms with Gasteiger partial charge in [-0.1, -0.05) is 74.5 Å². The second kappa shape index (κ2) is 15.8. The van der Waals surface area contributed by atoms with Gasteiger partial charge in [0.15, 0.2) is 12.2 Å². The van der Waals surface area contributed by atoms with E-state index in [1.54, 1.807) is 7.05 Å². The number of benzene rings is 2. The molecule has 232 valence electrons. The summed E-state index contributed by atoms with van der Waals surface area (Å²) in [5.41, 5.74) is 4.36. The van der Waals surface area contributed by atoms with Crippen molar-refractivity contribution >= 4 is 29.6 Å². The largest absolute Gasteiger partial charge is 0.480 e. The number of rotatable bonds is 15. The lowest BCUT2D eigenvalue weighted by Gasteiger charge is -2.26. The molecule has 0 bridgehead atoms. The van der Waals surface area contributed by atoms with E-state index in [9.17, 15) is 29.1 Å². The van der Waals surface area contributed by atoms with Crippen LogP contribution in [0.5, 0.6) is 0 Å². The average molecular weight is 596 g/mol. The van der Waals surface area contributed by atoms with Crippen molar-refractivity contribution in [3.8, 4) is 0 Å². The molecule has 1 aliphatic rings. The Kier molecular flexibility index (Phi) is 12.2. The van der Waals surface area contributed by atoms with Crippen LogP contribution in [0.1, 0.15) is 38.3 Å². The molecular weight excluding hydrogens is 554 g/mol. The lowest BCUT2D eigenvalue weighted by Crippen LogP contribution is -2.58. The fourth-order valence-electron chi connectivity index (χ4n) is 4.53. The molecule has 1 aliphatic heterocycles. The van der Waals surface area contributed by atoms with Crippen LogP contribution in [0.25, 0.3) is 0 Å². The molecule has 2 aromatic rings. The van der Waals surface area contributed by atoms with Gasteiger partial charge in [0.1, 0.15) is 12.6 Å². The van der Waals surface area contributed by atoms with Crippen LogP contribution in [0.4, 0.5) is 0 Å². The number of likely N-dealkylation sites (N-methyl/N-ethyl adjacent to an activating group) is 1. The molecule has 0 saturated carbocycles. The summed E-state index contributed by atoms with van der Waals surface area (Å²) in [7, 11) is 1.57. The predicted molar refractivity (Wildman–Crippen MR) is 158 cm³/mol. The van der Waals surface area contributed by atoms with Crippen LogP contribution >= 0.6 is 0 Å². The molecule has 43 heavy (non-hydrogen) atoms. The average Bonchev–Trinajstić information content (AvgIpc) is 3.77. The first-order valence-corrected chi connectivity index (χ1v) is 14.3. The maximum Gasteiger partial charge on any atom is 0.325 e. The Hall–Kier alpha value is -4.29. The number of amides is 4. The highest BCUT2D eigenvalue weighted by atomic mass is 16.6. The van der Waals surface area contributed by atoms with E-state index in [2.05, 4.69) is 16.1 Å². The van der Waals surface area contributed by atoms with Gasteiger partial charge in [0.25, 0.3) is 17.7 Å². The second-order valence-electron chi connectivity index (χ2n) is 10.9. The Bertz CT molecular complexity index is 1260. The third-order valence-corrected chi connectivity index (χ3v) is 6.97. The molecule has 0 aromatic heterocycles. The highest BCUT2D eigenvalue weighted by Crippen LogP contribution is 2.26. The van der Waals surface area contributed by atoms with E-state index in [1.165, 1.54) is 17.4 Å². The normalized spacial score (nSPS) is 17.0. The zero-order valence-corrected chi connectivity index (χ0v) is 25.0. The standard InChI is InChI=1S/C31H41N5O7/c1-20(2)25(32-17-11-16-22-12-7-5-8-13-22)29(40)33-21(3)28(39)34-36(19-24(37)38)31(42)27-26(43-27)30(41)35(4)18-23-14-9-6-10-15-23/h5-10,12-15,20-21,25-27,32H,11,16-19H2,1-4H3,(H,33,40)(H,34,39)(H,37,38)/t21?,25?,26-,27-/m0/s1. The quantitative estimate of drug-likeness (QED) is 0.135. The number of hydrogen-bond acceptors (Lipinski definition) is 7. The van der Waals surface area contributed by atoms with Crippen molar-refractivity contribution in [3.63, 3.8) is 0 Å². The molecule has 4 atom stereocenters. The predicted octanol–water partition coefficient (Wildman–Crippen LogP) is 1.11. The zero-order valence-electron chi connectivity index (χ0n) is 25.0. The smallest absolute Gasteiger partial charge is 0.325 e. The summed E-state index contributed by atoms with van der Waals surface area (Å²) >= 11 is 0. The van der Waals surface area contributed by atoms with Gasteiger partial charge in [0.2, 0.25) is 5.91 Å². The number of hydrogen-bond donors (Lipinski definition) is 4. The molecule has 0 aliphatic carbocycles. The maximum atomic E-state index is 13.0. The van der Waals surface area contributed by atoms with E-state index in [-0.39, 0.29) is 5.92 Å². The van der Waals surface area contributed by atoms with Gasteiger partial charge in [-0.25, -0.2) is 5.01 Å². The Morgan fingerprint density at radius 1 is 0.860 bits per heavy atom. The topological polar surface area (TPSA) is 161 Å². The number of aryl methyl sites for hydroxylation is 1. The summed E-state index contributed by atoms with van der Waals surface area (Å²) in [6.07, 6.45) is -0.656. The fraction of sp³-hybridized carbons (Fsp3) is 0.452. The molecule has 1 fully saturated rings. The molecule has 4 amide bonds. The van der Waals surface area contributed by atoms with Gasteiger partial charge in [-0.15, -0.1) is 0 Å². The minimum atomic E-state index is -1.38. The second-order valence-corrected chi connectivity index (χ2v) is 10.9. The third kappa shape index (κ3) is 10.2. The van der Waals surface area contributed by atoms with Crippen molar-refractivity contribution in [2.24, 2.45) is 5.92 Å². The monoisotopic (exact) mass is 595 g/mol. The van der Waals surface area contributed by atoms with Crippen LogP contribution in [0.15, 0.2) is 60.7 Å². The first-order valence-electron chi connectivity index (χ1n) is 14.3. The van der Waals surface area contributed by atoms with Crippen LogP contribution in [0.3, 0.4) is 0 Å². The Morgan fingerprint density at radius 2 is 1.44 bits per heavy atom. The Balaban J connectivity index is 1.51. The van der Waals surface area contributed by atoms with Gasteiger partial charge < -0.3 is 25.4 Å². The molecule has 12 heteroatoms. The molecule has 1 heterocycles. The first-order chi connectivity index (χ1) is 20.5. The molecular formula is C31H41N5O7. The van der Waals surface area contributed by atoms with Gasteiger partial charge in [0, 0.05) is 13.6 Å². The first kappa shape index (κ1) is 33.2. The van der Waals surface area contributed by atoms with E-state index in [4.69, 9.17) is 4.74 Å². The van der Waals surface area contributed by atoms with Crippen molar-refractivity contribution in [3.05, 3.63) is 71.8 Å². The van der Waals surface area contributed by atoms with E-state index in [0.717, 1.165) is 18.4 Å². The summed E-state index contributed by atoms with van der Waals surface area (Å²) in [6, 6.07) is 17.6. The number of carbonyl (C=O) groups is 5. The van der Waals surface area contributed by atoms with Crippen LogP contribution in [0, 0.1) is 5.92 Å². The maximum absolute atomic E-state index is 13.0. The van der Waals surface area contributed by atoms with Gasteiger partial charge in [-0.05, 0) is 43.4 Å². The summed E-state index contributed by atoms with van der Waals surface area (Å²) in [5.74, 6) is -3.96. The summed E-state index contributed by atoms with van der Waals surface area (Å²) in [5, 5.41) is 15.8. The minimum Gasteiger partial charge on any atom is -0.480 e. The lowest BCUT2D eigenvalue weighted by atomic mass is 10.0. The fourth-order valence-corrected chi connectivity index (χ4v) is 4.53. The Morgan fingerprint density at radius 3 is 2.02 bits per heavy atom. The number of nitrogens with one attached hydrogen (secondary N) is 3. The highest BCUT2D eigenvalue weighted by Gasteiger charge is 2.53. The molecule has 12 nitrogen and oxygen atoms in total. The van der Waals surface area contributed by atoms with Crippen LogP contribution in [-0.4, -0.2) is 89.0 Å². The minimum absolute atomic E-state index is 0.0708. The van der Waals surface area contributed by atoms with Gasteiger partial charge >= 0.3 is 5.97 Å². The third-order valence-electron chi connectivity index (χ3n) is 6.97. The van der Waals surface area contributed by atoms with Crippen LogP contribution in [-0.2, 0) is 41.7 Å². The van der Waals surface area contributed by atoms with Gasteiger partial charge in [-0.3, -0.25) is 29.4 Å². The van der Waals surface area contributed by atoms with Gasteiger partial charge in [-0.2, -0.15) is 0 Å². The summed E-state index contributed by atoms with van der Waals surface area (Å²) < 4.78 is 5.30. The van der Waals surface area contributed by atoms with E-state index >= 15 is 0 Å². The zero-order chi connectivity index (χ0) is 31.5. The molecule has 0 radical (unpaired) electrons.